The predicted molar refractivity (Wildman–Crippen MR) is 124 cm³/mol. The van der Waals surface area contributed by atoms with Crippen molar-refractivity contribution in [3.8, 4) is 5.75 Å². The van der Waals surface area contributed by atoms with E-state index in [9.17, 15) is 14.4 Å². The molecule has 0 spiro atoms. The molecule has 2 amide bonds. The fourth-order valence-corrected chi connectivity index (χ4v) is 6.10. The number of Topliss-reactive ketones (excluding diaryl/α,β-unsaturated/α-hetero) is 1. The molecule has 0 N–H and O–H groups in total. The number of imide groups is 1. The third kappa shape index (κ3) is 2.62. The fraction of sp³-hybridized carbons (Fsp3) is 0.250. The Balaban J connectivity index is 1.54. The van der Waals surface area contributed by atoms with Gasteiger partial charge >= 0.3 is 0 Å². The van der Waals surface area contributed by atoms with Crippen molar-refractivity contribution in [3.05, 3.63) is 94.5 Å². The van der Waals surface area contributed by atoms with Crippen molar-refractivity contribution in [1.82, 2.24) is 0 Å². The van der Waals surface area contributed by atoms with Crippen LogP contribution >= 0.6 is 0 Å². The van der Waals surface area contributed by atoms with Crippen LogP contribution in [0.5, 0.6) is 5.75 Å². The highest BCUT2D eigenvalue weighted by atomic mass is 16.5. The Hall–Kier alpha value is -3.73. The summed E-state index contributed by atoms with van der Waals surface area (Å²) < 4.78 is 5.77. The third-order valence-corrected chi connectivity index (χ3v) is 7.35. The van der Waals surface area contributed by atoms with Crippen molar-refractivity contribution in [2.75, 3.05) is 11.5 Å². The Morgan fingerprint density at radius 3 is 1.73 bits per heavy atom. The van der Waals surface area contributed by atoms with Crippen LogP contribution in [0.1, 0.15) is 58.3 Å². The number of hydrogen-bond acceptors (Lipinski definition) is 4. The van der Waals surface area contributed by atoms with Crippen LogP contribution in [0.2, 0.25) is 0 Å². The van der Waals surface area contributed by atoms with Gasteiger partial charge in [0.2, 0.25) is 11.8 Å². The highest BCUT2D eigenvalue weighted by molar-refractivity contribution is 6.24. The fourth-order valence-electron chi connectivity index (χ4n) is 6.10. The Bertz CT molecular complexity index is 1230. The molecule has 1 fully saturated rings. The summed E-state index contributed by atoms with van der Waals surface area (Å²) in [4.78, 5) is 41.3. The third-order valence-electron chi connectivity index (χ3n) is 7.35. The summed E-state index contributed by atoms with van der Waals surface area (Å²) in [7, 11) is 0. The molecule has 2 atom stereocenters. The summed E-state index contributed by atoms with van der Waals surface area (Å²) in [6.45, 7) is 3.71. The van der Waals surface area contributed by atoms with E-state index in [1.165, 1.54) is 11.8 Å². The first-order valence-corrected chi connectivity index (χ1v) is 11.4. The van der Waals surface area contributed by atoms with Gasteiger partial charge in [-0.3, -0.25) is 14.4 Å². The molecule has 5 nitrogen and oxygen atoms in total. The number of hydrogen-bond donors (Lipinski definition) is 0. The van der Waals surface area contributed by atoms with Gasteiger partial charge in [-0.05, 0) is 54.3 Å². The molecule has 1 heterocycles. The molecular weight excluding hydrogens is 414 g/mol. The maximum Gasteiger partial charge on any atom is 0.238 e. The smallest absolute Gasteiger partial charge is 0.238 e. The number of ketones is 1. The van der Waals surface area contributed by atoms with Crippen LogP contribution in [0.15, 0.2) is 66.7 Å². The second-order valence-corrected chi connectivity index (χ2v) is 8.95. The molecule has 4 aliphatic rings. The quantitative estimate of drug-likeness (QED) is 0.439. The summed E-state index contributed by atoms with van der Waals surface area (Å²) in [6.07, 6.45) is 0. The van der Waals surface area contributed by atoms with Crippen molar-refractivity contribution in [3.63, 3.8) is 0 Å². The second-order valence-electron chi connectivity index (χ2n) is 8.95. The van der Waals surface area contributed by atoms with Gasteiger partial charge < -0.3 is 4.74 Å². The standard InChI is InChI=1S/C28H23NO4/c1-3-33-22-13-12-16(15(2)30)14-21(22)29-27(31)25-23-17-8-4-5-9-18(17)24(26(25)28(29)32)20-11-7-6-10-19(20)23/h4-14,23-26H,3H2,1-2H3. The van der Waals surface area contributed by atoms with Gasteiger partial charge in [0.15, 0.2) is 5.78 Å². The average molecular weight is 437 g/mol. The largest absolute Gasteiger partial charge is 0.492 e. The van der Waals surface area contributed by atoms with Gasteiger partial charge in [-0.2, -0.15) is 0 Å². The van der Waals surface area contributed by atoms with E-state index in [0.29, 0.717) is 23.6 Å². The highest BCUT2D eigenvalue weighted by Gasteiger charge is 2.62. The van der Waals surface area contributed by atoms with E-state index >= 15 is 0 Å². The van der Waals surface area contributed by atoms with E-state index in [1.54, 1.807) is 18.2 Å². The normalized spacial score (nSPS) is 24.4. The number of nitrogens with zero attached hydrogens (tertiary/aromatic N) is 1. The zero-order valence-corrected chi connectivity index (χ0v) is 18.4. The van der Waals surface area contributed by atoms with Crippen molar-refractivity contribution < 1.29 is 19.1 Å². The summed E-state index contributed by atoms with van der Waals surface area (Å²) in [6, 6.07) is 21.3. The van der Waals surface area contributed by atoms with Gasteiger partial charge in [0.05, 0.1) is 24.1 Å². The van der Waals surface area contributed by atoms with E-state index in [0.717, 1.165) is 22.3 Å². The van der Waals surface area contributed by atoms with Crippen LogP contribution in [0.3, 0.4) is 0 Å². The Kier molecular flexibility index (Phi) is 4.31. The monoisotopic (exact) mass is 437 g/mol. The average Bonchev–Trinajstić information content (AvgIpc) is 3.10. The number of carbonyl (C=O) groups is 3. The first-order valence-electron chi connectivity index (χ1n) is 11.4. The summed E-state index contributed by atoms with van der Waals surface area (Å²) in [5, 5.41) is 0. The molecule has 0 saturated carbocycles. The Labute approximate surface area is 192 Å². The van der Waals surface area contributed by atoms with Crippen LogP contribution in [0, 0.1) is 11.8 Å². The number of amides is 2. The minimum absolute atomic E-state index is 0.129. The SMILES string of the molecule is CCOc1ccc(C(C)=O)cc1N1C(=O)C2C3c4ccccc4C(c4ccccc43)C2C1=O. The molecule has 1 saturated heterocycles. The zero-order valence-electron chi connectivity index (χ0n) is 18.4. The molecule has 2 unspecified atom stereocenters. The van der Waals surface area contributed by atoms with Crippen LogP contribution in [0.4, 0.5) is 5.69 Å². The van der Waals surface area contributed by atoms with E-state index in [4.69, 9.17) is 4.74 Å². The first kappa shape index (κ1) is 19.9. The molecule has 1 aliphatic heterocycles. The molecule has 164 valence electrons. The number of carbonyl (C=O) groups excluding carboxylic acids is 3. The molecule has 33 heavy (non-hydrogen) atoms. The molecule has 3 aromatic carbocycles. The van der Waals surface area contributed by atoms with Crippen LogP contribution in [0.25, 0.3) is 0 Å². The molecule has 3 aromatic rings. The van der Waals surface area contributed by atoms with Gasteiger partial charge in [-0.15, -0.1) is 0 Å². The van der Waals surface area contributed by atoms with Crippen molar-refractivity contribution in [2.45, 2.75) is 25.7 Å². The van der Waals surface area contributed by atoms with E-state index in [2.05, 4.69) is 24.3 Å². The Morgan fingerprint density at radius 1 is 0.818 bits per heavy atom. The summed E-state index contributed by atoms with van der Waals surface area (Å²) in [5.74, 6) is -1.40. The molecule has 5 heteroatoms. The molecule has 3 aliphatic carbocycles. The summed E-state index contributed by atoms with van der Waals surface area (Å²) in [5.41, 5.74) is 5.34. The lowest BCUT2D eigenvalue weighted by Crippen LogP contribution is -2.41. The first-order chi connectivity index (χ1) is 16.0. The van der Waals surface area contributed by atoms with Crippen molar-refractivity contribution in [1.29, 1.82) is 0 Å². The van der Waals surface area contributed by atoms with E-state index < -0.39 is 11.8 Å². The summed E-state index contributed by atoms with van der Waals surface area (Å²) >= 11 is 0. The Morgan fingerprint density at radius 2 is 1.30 bits per heavy atom. The maximum atomic E-state index is 14.0. The van der Waals surface area contributed by atoms with Gasteiger partial charge in [0, 0.05) is 17.4 Å². The van der Waals surface area contributed by atoms with Crippen LogP contribution < -0.4 is 9.64 Å². The lowest BCUT2D eigenvalue weighted by Gasteiger charge is -2.45. The molecule has 0 radical (unpaired) electrons. The van der Waals surface area contributed by atoms with Crippen molar-refractivity contribution in [2.24, 2.45) is 11.8 Å². The number of ether oxygens (including phenoxy) is 1. The van der Waals surface area contributed by atoms with Gasteiger partial charge in [-0.1, -0.05) is 48.5 Å². The predicted octanol–water partition coefficient (Wildman–Crippen LogP) is 4.68. The molecule has 7 rings (SSSR count). The zero-order chi connectivity index (χ0) is 22.9. The minimum Gasteiger partial charge on any atom is -0.492 e. The van der Waals surface area contributed by atoms with E-state index in [-0.39, 0.29) is 29.4 Å². The number of benzene rings is 3. The van der Waals surface area contributed by atoms with Crippen molar-refractivity contribution >= 4 is 23.3 Å². The van der Waals surface area contributed by atoms with Gasteiger partial charge in [-0.25, -0.2) is 4.90 Å². The highest BCUT2D eigenvalue weighted by Crippen LogP contribution is 2.61. The lowest BCUT2D eigenvalue weighted by molar-refractivity contribution is -0.122. The van der Waals surface area contributed by atoms with Gasteiger partial charge in [0.1, 0.15) is 5.75 Å². The topological polar surface area (TPSA) is 63.7 Å². The van der Waals surface area contributed by atoms with Crippen LogP contribution in [-0.2, 0) is 9.59 Å². The molecule has 2 bridgehead atoms. The lowest BCUT2D eigenvalue weighted by atomic mass is 9.55. The molecular formula is C28H23NO4. The second kappa shape index (κ2) is 7.14. The number of rotatable bonds is 4. The van der Waals surface area contributed by atoms with E-state index in [1.807, 2.05) is 31.2 Å². The minimum atomic E-state index is -0.470. The van der Waals surface area contributed by atoms with Crippen LogP contribution in [-0.4, -0.2) is 24.2 Å². The molecule has 0 aromatic heterocycles. The van der Waals surface area contributed by atoms with Gasteiger partial charge in [0.25, 0.3) is 0 Å². The maximum absolute atomic E-state index is 14.0. The number of anilines is 1.